The van der Waals surface area contributed by atoms with E-state index in [1.165, 1.54) is 0 Å². The molecule has 1 saturated carbocycles. The maximum Gasteiger partial charge on any atom is 0.152 e. The molecule has 1 unspecified atom stereocenters. The van der Waals surface area contributed by atoms with Crippen LogP contribution in [0.5, 0.6) is 0 Å². The van der Waals surface area contributed by atoms with E-state index < -0.39 is 5.60 Å². The van der Waals surface area contributed by atoms with E-state index in [0.717, 1.165) is 19.1 Å². The van der Waals surface area contributed by atoms with Crippen molar-refractivity contribution in [3.63, 3.8) is 0 Å². The molecule has 0 radical (unpaired) electrons. The van der Waals surface area contributed by atoms with E-state index in [1.54, 1.807) is 0 Å². The van der Waals surface area contributed by atoms with Gasteiger partial charge in [0.2, 0.25) is 0 Å². The molecule has 1 atom stereocenters. The van der Waals surface area contributed by atoms with Gasteiger partial charge in [-0.05, 0) is 19.8 Å². The third kappa shape index (κ3) is 1.09. The summed E-state index contributed by atoms with van der Waals surface area (Å²) < 4.78 is 5.46. The molecule has 0 aromatic carbocycles. The van der Waals surface area contributed by atoms with Crippen LogP contribution in [-0.4, -0.2) is 18.5 Å². The largest absolute Gasteiger partial charge is 0.367 e. The Morgan fingerprint density at radius 2 is 2.09 bits per heavy atom. The van der Waals surface area contributed by atoms with Gasteiger partial charge in [0.05, 0.1) is 0 Å². The van der Waals surface area contributed by atoms with Gasteiger partial charge in [0.15, 0.2) is 6.29 Å². The van der Waals surface area contributed by atoms with Crippen LogP contribution < -0.4 is 0 Å². The molecule has 0 saturated heterocycles. The van der Waals surface area contributed by atoms with E-state index >= 15 is 0 Å². The second-order valence-corrected chi connectivity index (χ2v) is 3.82. The number of aldehydes is 1. The van der Waals surface area contributed by atoms with Crippen LogP contribution in [0.2, 0.25) is 0 Å². The fourth-order valence-electron chi connectivity index (χ4n) is 1.65. The first kappa shape index (κ1) is 8.72. The summed E-state index contributed by atoms with van der Waals surface area (Å²) in [5, 5.41) is 0. The molecule has 0 spiro atoms. The Bertz CT molecular complexity index is 163. The summed E-state index contributed by atoms with van der Waals surface area (Å²) in [6.45, 7) is 6.73. The summed E-state index contributed by atoms with van der Waals surface area (Å²) in [6.07, 6.45) is 2.95. The molecule has 0 aromatic heterocycles. The summed E-state index contributed by atoms with van der Waals surface area (Å²) in [7, 11) is 0. The van der Waals surface area contributed by atoms with Gasteiger partial charge in [0.1, 0.15) is 5.60 Å². The van der Waals surface area contributed by atoms with Crippen LogP contribution in [0.4, 0.5) is 0 Å². The average molecular weight is 156 g/mol. The Morgan fingerprint density at radius 3 is 2.18 bits per heavy atom. The summed E-state index contributed by atoms with van der Waals surface area (Å²) in [5.74, 6) is 0. The average Bonchev–Trinajstić information content (AvgIpc) is 1.98. The topological polar surface area (TPSA) is 26.3 Å². The molecule has 0 amide bonds. The lowest BCUT2D eigenvalue weighted by Crippen LogP contribution is -2.57. The molecule has 2 nitrogen and oxygen atoms in total. The monoisotopic (exact) mass is 156 g/mol. The molecule has 1 aliphatic carbocycles. The van der Waals surface area contributed by atoms with Crippen molar-refractivity contribution < 1.29 is 9.53 Å². The van der Waals surface area contributed by atoms with E-state index in [2.05, 4.69) is 13.8 Å². The van der Waals surface area contributed by atoms with Crippen LogP contribution in [0.1, 0.15) is 33.6 Å². The van der Waals surface area contributed by atoms with E-state index in [1.807, 2.05) is 6.92 Å². The summed E-state index contributed by atoms with van der Waals surface area (Å²) >= 11 is 0. The SMILES string of the molecule is CCOC1(C=O)CCC1(C)C. The van der Waals surface area contributed by atoms with E-state index in [9.17, 15) is 4.79 Å². The van der Waals surface area contributed by atoms with Crippen LogP contribution in [0.25, 0.3) is 0 Å². The van der Waals surface area contributed by atoms with Gasteiger partial charge in [-0.2, -0.15) is 0 Å². The van der Waals surface area contributed by atoms with Gasteiger partial charge in [-0.15, -0.1) is 0 Å². The Labute approximate surface area is 67.9 Å². The zero-order chi connectivity index (χ0) is 8.54. The molecule has 0 aromatic rings. The lowest BCUT2D eigenvalue weighted by atomic mass is 9.59. The quantitative estimate of drug-likeness (QED) is 0.582. The van der Waals surface area contributed by atoms with Crippen molar-refractivity contribution in [1.29, 1.82) is 0 Å². The van der Waals surface area contributed by atoms with E-state index in [4.69, 9.17) is 4.74 Å². The first-order valence-electron chi connectivity index (χ1n) is 4.18. The van der Waals surface area contributed by atoms with E-state index in [0.29, 0.717) is 6.61 Å². The van der Waals surface area contributed by atoms with Crippen LogP contribution >= 0.6 is 0 Å². The van der Waals surface area contributed by atoms with Gasteiger partial charge in [0, 0.05) is 12.0 Å². The molecule has 1 aliphatic rings. The lowest BCUT2D eigenvalue weighted by Gasteiger charge is -2.51. The van der Waals surface area contributed by atoms with Crippen molar-refractivity contribution in [2.45, 2.75) is 39.2 Å². The van der Waals surface area contributed by atoms with Crippen LogP contribution in [0, 0.1) is 5.41 Å². The van der Waals surface area contributed by atoms with Gasteiger partial charge in [-0.25, -0.2) is 0 Å². The number of hydrogen-bond donors (Lipinski definition) is 0. The second kappa shape index (κ2) is 2.59. The minimum absolute atomic E-state index is 0.0464. The molecule has 1 fully saturated rings. The molecular weight excluding hydrogens is 140 g/mol. The second-order valence-electron chi connectivity index (χ2n) is 3.82. The van der Waals surface area contributed by atoms with Gasteiger partial charge in [0.25, 0.3) is 0 Å². The summed E-state index contributed by atoms with van der Waals surface area (Å²) in [4.78, 5) is 10.8. The van der Waals surface area contributed by atoms with Crippen molar-refractivity contribution in [2.24, 2.45) is 5.41 Å². The smallest absolute Gasteiger partial charge is 0.152 e. The van der Waals surface area contributed by atoms with Gasteiger partial charge in [-0.1, -0.05) is 13.8 Å². The normalized spacial score (nSPS) is 34.5. The highest BCUT2D eigenvalue weighted by molar-refractivity contribution is 5.66. The van der Waals surface area contributed by atoms with Crippen LogP contribution in [0.3, 0.4) is 0 Å². The Balaban J connectivity index is 2.69. The molecule has 11 heavy (non-hydrogen) atoms. The number of carbonyl (C=O) groups is 1. The Kier molecular flexibility index (Phi) is 2.06. The van der Waals surface area contributed by atoms with E-state index in [-0.39, 0.29) is 5.41 Å². The fraction of sp³-hybridized carbons (Fsp3) is 0.889. The molecule has 0 aliphatic heterocycles. The molecular formula is C9H16O2. The van der Waals surface area contributed by atoms with Crippen molar-refractivity contribution >= 4 is 6.29 Å². The highest BCUT2D eigenvalue weighted by atomic mass is 16.5. The first-order valence-corrected chi connectivity index (χ1v) is 4.18. The Morgan fingerprint density at radius 1 is 1.45 bits per heavy atom. The number of carbonyl (C=O) groups excluding carboxylic acids is 1. The molecule has 1 rings (SSSR count). The molecule has 0 bridgehead atoms. The minimum atomic E-state index is -0.470. The van der Waals surface area contributed by atoms with Crippen molar-refractivity contribution in [3.8, 4) is 0 Å². The van der Waals surface area contributed by atoms with Crippen LogP contribution in [-0.2, 0) is 9.53 Å². The third-order valence-corrected chi connectivity index (χ3v) is 2.86. The maximum atomic E-state index is 10.8. The fourth-order valence-corrected chi connectivity index (χ4v) is 1.65. The molecule has 64 valence electrons. The Hall–Kier alpha value is -0.370. The van der Waals surface area contributed by atoms with Gasteiger partial charge in [-0.3, -0.25) is 0 Å². The summed E-state index contributed by atoms with van der Waals surface area (Å²) in [6, 6.07) is 0. The number of rotatable bonds is 3. The number of hydrogen-bond acceptors (Lipinski definition) is 2. The zero-order valence-electron chi connectivity index (χ0n) is 7.52. The zero-order valence-corrected chi connectivity index (χ0v) is 7.52. The summed E-state index contributed by atoms with van der Waals surface area (Å²) in [5.41, 5.74) is -0.424. The van der Waals surface area contributed by atoms with Crippen LogP contribution in [0.15, 0.2) is 0 Å². The lowest BCUT2D eigenvalue weighted by molar-refractivity contribution is -0.182. The highest BCUT2D eigenvalue weighted by Gasteiger charge is 2.54. The van der Waals surface area contributed by atoms with Crippen molar-refractivity contribution in [3.05, 3.63) is 0 Å². The molecule has 2 heteroatoms. The molecule has 0 heterocycles. The third-order valence-electron chi connectivity index (χ3n) is 2.86. The number of ether oxygens (including phenoxy) is 1. The first-order chi connectivity index (χ1) is 5.08. The maximum absolute atomic E-state index is 10.8. The molecule has 0 N–H and O–H groups in total. The minimum Gasteiger partial charge on any atom is -0.367 e. The predicted molar refractivity (Wildman–Crippen MR) is 43.4 cm³/mol. The predicted octanol–water partition coefficient (Wildman–Crippen LogP) is 1.78. The van der Waals surface area contributed by atoms with Crippen molar-refractivity contribution in [1.82, 2.24) is 0 Å². The van der Waals surface area contributed by atoms with Gasteiger partial charge >= 0.3 is 0 Å². The van der Waals surface area contributed by atoms with Gasteiger partial charge < -0.3 is 9.53 Å². The van der Waals surface area contributed by atoms with Crippen molar-refractivity contribution in [2.75, 3.05) is 6.61 Å². The standard InChI is InChI=1S/C9H16O2/c1-4-11-9(7-10)6-5-8(9,2)3/h7H,4-6H2,1-3H3. The highest BCUT2D eigenvalue weighted by Crippen LogP contribution is 2.50.